The number of aromatic nitrogens is 4. The summed E-state index contributed by atoms with van der Waals surface area (Å²) in [6, 6.07) is 9.45. The molecule has 0 spiro atoms. The lowest BCUT2D eigenvalue weighted by molar-refractivity contribution is -0.0557. The first-order chi connectivity index (χ1) is 24.3. The number of hydrogen-bond donors (Lipinski definition) is 1. The molecule has 0 saturated carbocycles. The van der Waals surface area contributed by atoms with Crippen molar-refractivity contribution in [2.24, 2.45) is 0 Å². The SMILES string of the molecule is CNC1(C)CCN(c2cnc(-c3cc(OCC4CN(C(=O)OC(C)(C)C)CCO4)cn4ncc(C#N)c34)cn2)CC1.Cc1cccc(Cl)c1C=O. The fourth-order valence-electron chi connectivity index (χ4n) is 5.85. The van der Waals surface area contributed by atoms with Crippen molar-refractivity contribution in [1.29, 1.82) is 5.26 Å². The molecule has 3 aromatic heterocycles. The number of nitriles is 1. The van der Waals surface area contributed by atoms with Gasteiger partial charge >= 0.3 is 6.09 Å². The topological polar surface area (TPSA) is 147 Å². The van der Waals surface area contributed by atoms with Gasteiger partial charge < -0.3 is 29.3 Å². The molecule has 5 heterocycles. The maximum atomic E-state index is 12.5. The molecule has 1 N–H and O–H groups in total. The van der Waals surface area contributed by atoms with Gasteiger partial charge in [-0.1, -0.05) is 23.7 Å². The van der Waals surface area contributed by atoms with Crippen LogP contribution in [0.5, 0.6) is 5.75 Å². The molecular formula is C37H45ClN8O5. The largest absolute Gasteiger partial charge is 0.489 e. The average Bonchev–Trinajstić information content (AvgIpc) is 3.54. The number of benzene rings is 1. The van der Waals surface area contributed by atoms with E-state index in [1.807, 2.05) is 52.9 Å². The molecule has 1 unspecified atom stereocenters. The van der Waals surface area contributed by atoms with E-state index in [4.69, 9.17) is 35.8 Å². The van der Waals surface area contributed by atoms with Gasteiger partial charge in [0.2, 0.25) is 0 Å². The highest BCUT2D eigenvalue weighted by Gasteiger charge is 2.30. The number of amides is 1. The molecule has 51 heavy (non-hydrogen) atoms. The van der Waals surface area contributed by atoms with Crippen LogP contribution >= 0.6 is 11.6 Å². The van der Waals surface area contributed by atoms with Crippen molar-refractivity contribution >= 4 is 35.3 Å². The van der Waals surface area contributed by atoms with E-state index >= 15 is 0 Å². The van der Waals surface area contributed by atoms with E-state index in [1.165, 1.54) is 6.20 Å². The molecule has 2 aliphatic heterocycles. The van der Waals surface area contributed by atoms with Crippen LogP contribution in [0, 0.1) is 18.3 Å². The smallest absolute Gasteiger partial charge is 0.410 e. The number of piperidine rings is 1. The monoisotopic (exact) mass is 716 g/mol. The van der Waals surface area contributed by atoms with E-state index in [0.717, 1.165) is 43.6 Å². The second-order valence-electron chi connectivity index (χ2n) is 13.9. The third-order valence-corrected chi connectivity index (χ3v) is 9.36. The van der Waals surface area contributed by atoms with Crippen molar-refractivity contribution in [1.82, 2.24) is 29.8 Å². The number of aryl methyl sites for hydroxylation is 1. The minimum Gasteiger partial charge on any atom is -0.489 e. The third-order valence-electron chi connectivity index (χ3n) is 9.03. The van der Waals surface area contributed by atoms with E-state index in [-0.39, 0.29) is 24.3 Å². The Kier molecular flexibility index (Phi) is 11.8. The number of carbonyl (C=O) groups is 2. The minimum absolute atomic E-state index is 0.141. The van der Waals surface area contributed by atoms with Gasteiger partial charge in [-0.2, -0.15) is 10.4 Å². The Balaban J connectivity index is 0.000000435. The van der Waals surface area contributed by atoms with Gasteiger partial charge in [0.05, 0.1) is 59.7 Å². The molecule has 4 aromatic rings. The molecule has 270 valence electrons. The number of pyridine rings is 1. The van der Waals surface area contributed by atoms with Crippen molar-refractivity contribution in [3.8, 4) is 23.1 Å². The summed E-state index contributed by atoms with van der Waals surface area (Å²) in [5, 5.41) is 18.0. The summed E-state index contributed by atoms with van der Waals surface area (Å²) in [5.74, 6) is 1.36. The molecule has 1 aromatic carbocycles. The number of fused-ring (bicyclic) bond motifs is 1. The molecule has 2 saturated heterocycles. The summed E-state index contributed by atoms with van der Waals surface area (Å²) < 4.78 is 19.1. The highest BCUT2D eigenvalue weighted by molar-refractivity contribution is 6.33. The van der Waals surface area contributed by atoms with Crippen LogP contribution in [0.15, 0.2) is 49.1 Å². The van der Waals surface area contributed by atoms with Crippen molar-refractivity contribution in [2.75, 3.05) is 51.3 Å². The number of halogens is 1. The number of hydrogen-bond acceptors (Lipinski definition) is 11. The minimum atomic E-state index is -0.567. The first-order valence-corrected chi connectivity index (χ1v) is 17.3. The summed E-state index contributed by atoms with van der Waals surface area (Å²) in [5.41, 5.74) is 3.45. The number of rotatable bonds is 7. The zero-order chi connectivity index (χ0) is 36.8. The van der Waals surface area contributed by atoms with Crippen molar-refractivity contribution in [3.63, 3.8) is 0 Å². The van der Waals surface area contributed by atoms with Crippen LogP contribution in [0.1, 0.15) is 62.0 Å². The predicted octanol–water partition coefficient (Wildman–Crippen LogP) is 5.72. The summed E-state index contributed by atoms with van der Waals surface area (Å²) in [6.07, 6.45) is 8.90. The molecule has 13 nitrogen and oxygen atoms in total. The van der Waals surface area contributed by atoms with Gasteiger partial charge in [0.1, 0.15) is 35.9 Å². The van der Waals surface area contributed by atoms with Crippen LogP contribution in [-0.4, -0.2) is 101 Å². The molecule has 1 amide bonds. The lowest BCUT2D eigenvalue weighted by Gasteiger charge is -2.39. The van der Waals surface area contributed by atoms with E-state index in [1.54, 1.807) is 34.1 Å². The van der Waals surface area contributed by atoms with E-state index in [0.29, 0.717) is 58.4 Å². The van der Waals surface area contributed by atoms with Gasteiger partial charge in [-0.25, -0.2) is 14.3 Å². The Bertz CT molecular complexity index is 1860. The predicted molar refractivity (Wildman–Crippen MR) is 194 cm³/mol. The molecule has 2 fully saturated rings. The van der Waals surface area contributed by atoms with Crippen molar-refractivity contribution in [3.05, 3.63) is 70.8 Å². The maximum Gasteiger partial charge on any atom is 0.410 e. The van der Waals surface area contributed by atoms with Crippen LogP contribution in [0.3, 0.4) is 0 Å². The first-order valence-electron chi connectivity index (χ1n) is 16.9. The molecule has 1 atom stereocenters. The number of nitrogens with zero attached hydrogens (tertiary/aromatic N) is 7. The van der Waals surface area contributed by atoms with E-state index in [9.17, 15) is 14.9 Å². The zero-order valence-electron chi connectivity index (χ0n) is 30.0. The fraction of sp³-hybridized carbons (Fsp3) is 0.459. The zero-order valence-corrected chi connectivity index (χ0v) is 30.7. The number of nitrogens with one attached hydrogen (secondary N) is 1. The molecule has 14 heteroatoms. The van der Waals surface area contributed by atoms with Crippen LogP contribution in [0.2, 0.25) is 5.02 Å². The second-order valence-corrected chi connectivity index (χ2v) is 14.3. The Hall–Kier alpha value is -4.77. The third kappa shape index (κ3) is 9.32. The van der Waals surface area contributed by atoms with Gasteiger partial charge in [0.15, 0.2) is 6.29 Å². The highest BCUT2D eigenvalue weighted by atomic mass is 35.5. The van der Waals surface area contributed by atoms with Crippen LogP contribution < -0.4 is 15.0 Å². The normalized spacial score (nSPS) is 17.3. The average molecular weight is 717 g/mol. The van der Waals surface area contributed by atoms with Gasteiger partial charge in [-0.3, -0.25) is 9.78 Å². The number of ether oxygens (including phenoxy) is 3. The summed E-state index contributed by atoms with van der Waals surface area (Å²) >= 11 is 5.70. The van der Waals surface area contributed by atoms with Gasteiger partial charge in [0.25, 0.3) is 0 Å². The van der Waals surface area contributed by atoms with Crippen molar-refractivity contribution in [2.45, 2.75) is 64.7 Å². The number of aldehydes is 1. The molecule has 0 bridgehead atoms. The Morgan fingerprint density at radius 3 is 2.57 bits per heavy atom. The van der Waals surface area contributed by atoms with E-state index in [2.05, 4.69) is 28.3 Å². The number of morpholine rings is 1. The fourth-order valence-corrected chi connectivity index (χ4v) is 6.12. The molecule has 2 aliphatic rings. The number of carbonyl (C=O) groups excluding carboxylic acids is 2. The van der Waals surface area contributed by atoms with Crippen LogP contribution in [0.25, 0.3) is 16.8 Å². The maximum absolute atomic E-state index is 12.5. The summed E-state index contributed by atoms with van der Waals surface area (Å²) in [7, 11) is 2.01. The summed E-state index contributed by atoms with van der Waals surface area (Å²) in [6.45, 7) is 12.9. The quantitative estimate of drug-likeness (QED) is 0.234. The first kappa shape index (κ1) is 37.5. The highest BCUT2D eigenvalue weighted by Crippen LogP contribution is 2.31. The van der Waals surface area contributed by atoms with Gasteiger partial charge in [-0.15, -0.1) is 0 Å². The van der Waals surface area contributed by atoms with Gasteiger partial charge in [0, 0.05) is 36.3 Å². The van der Waals surface area contributed by atoms with Crippen molar-refractivity contribution < 1.29 is 23.8 Å². The Labute approximate surface area is 303 Å². The summed E-state index contributed by atoms with van der Waals surface area (Å²) in [4.78, 5) is 36.2. The molecule has 6 rings (SSSR count). The standard InChI is InChI=1S/C29H38N8O4.C8H7ClO/c1-28(2,3)41-27(38)36-10-11-39-22(17-36)19-40-21-12-23(26-20(13-30)14-34-37(26)18-21)24-15-33-25(16-32-24)35-8-6-29(4,31-5)7-9-35;1-6-3-2-4-8(9)7(6)5-10/h12,14-16,18,22,31H,6-11,17,19H2,1-5H3;2-5H,1H3. The van der Waals surface area contributed by atoms with Gasteiger partial charge in [-0.05, 0) is 72.2 Å². The lowest BCUT2D eigenvalue weighted by atomic mass is 9.90. The van der Waals surface area contributed by atoms with E-state index < -0.39 is 5.60 Å². The Morgan fingerprint density at radius 2 is 1.96 bits per heavy atom. The van der Waals surface area contributed by atoms with Crippen LogP contribution in [0.4, 0.5) is 10.6 Å². The molecule has 0 radical (unpaired) electrons. The van der Waals surface area contributed by atoms with Crippen LogP contribution in [-0.2, 0) is 9.47 Å². The Morgan fingerprint density at radius 1 is 1.20 bits per heavy atom. The number of anilines is 1. The molecule has 0 aliphatic carbocycles. The lowest BCUT2D eigenvalue weighted by Crippen LogP contribution is -2.50. The second kappa shape index (κ2) is 16.1. The molecular weight excluding hydrogens is 672 g/mol.